The highest BCUT2D eigenvalue weighted by atomic mass is 32.1. The Balaban J connectivity index is 1.38. The summed E-state index contributed by atoms with van der Waals surface area (Å²) >= 11 is 1.80. The fourth-order valence-corrected chi connectivity index (χ4v) is 3.74. The van der Waals surface area contributed by atoms with Gasteiger partial charge >= 0.3 is 0 Å². The van der Waals surface area contributed by atoms with Crippen LogP contribution in [0.15, 0.2) is 18.5 Å². The first-order chi connectivity index (χ1) is 9.38. The number of aromatic nitrogens is 4. The van der Waals surface area contributed by atoms with Gasteiger partial charge in [0.25, 0.3) is 0 Å². The molecule has 100 valence electrons. The van der Waals surface area contributed by atoms with E-state index in [9.17, 15) is 0 Å². The lowest BCUT2D eigenvalue weighted by molar-refractivity contribution is 0.310. The molecule has 1 aliphatic heterocycles. The smallest absolute Gasteiger partial charge is 0.131 e. The summed E-state index contributed by atoms with van der Waals surface area (Å²) in [4.78, 5) is 2.46. The number of nitrogens with zero attached hydrogens (tertiary/aromatic N) is 5. The van der Waals surface area contributed by atoms with Crippen molar-refractivity contribution >= 4 is 11.3 Å². The zero-order valence-electron chi connectivity index (χ0n) is 10.8. The molecule has 1 saturated heterocycles. The summed E-state index contributed by atoms with van der Waals surface area (Å²) < 4.78 is 2.08. The molecule has 2 aliphatic rings. The number of rotatable bonds is 4. The highest BCUT2D eigenvalue weighted by Gasteiger charge is 2.29. The highest BCUT2D eigenvalue weighted by Crippen LogP contribution is 2.41. The third kappa shape index (κ3) is 2.42. The van der Waals surface area contributed by atoms with Crippen molar-refractivity contribution in [2.45, 2.75) is 37.8 Å². The Kier molecular flexibility index (Phi) is 2.85. The van der Waals surface area contributed by atoms with Crippen LogP contribution in [0, 0.1) is 0 Å². The number of likely N-dealkylation sites (tertiary alicyclic amines) is 1. The van der Waals surface area contributed by atoms with Gasteiger partial charge in [0.1, 0.15) is 10.0 Å². The van der Waals surface area contributed by atoms with Gasteiger partial charge in [-0.05, 0) is 25.3 Å². The lowest BCUT2D eigenvalue weighted by Gasteiger charge is -2.14. The minimum atomic E-state index is 0.519. The first kappa shape index (κ1) is 11.5. The van der Waals surface area contributed by atoms with E-state index in [0.717, 1.165) is 25.6 Å². The molecular weight excluding hydrogens is 258 g/mol. The molecule has 1 aliphatic carbocycles. The van der Waals surface area contributed by atoms with Gasteiger partial charge in [-0.1, -0.05) is 11.3 Å². The molecule has 0 amide bonds. The monoisotopic (exact) mass is 275 g/mol. The Labute approximate surface area is 116 Å². The van der Waals surface area contributed by atoms with Gasteiger partial charge in [0.05, 0.1) is 12.6 Å². The zero-order chi connectivity index (χ0) is 12.7. The Morgan fingerprint density at radius 3 is 3.00 bits per heavy atom. The molecule has 5 nitrogen and oxygen atoms in total. The van der Waals surface area contributed by atoms with Gasteiger partial charge in [-0.25, -0.2) is 0 Å². The van der Waals surface area contributed by atoms with Crippen molar-refractivity contribution in [2.75, 3.05) is 13.1 Å². The second-order valence-electron chi connectivity index (χ2n) is 5.47. The van der Waals surface area contributed by atoms with Gasteiger partial charge in [-0.3, -0.25) is 9.58 Å². The lowest BCUT2D eigenvalue weighted by atomic mass is 10.3. The van der Waals surface area contributed by atoms with E-state index < -0.39 is 0 Å². The molecule has 6 heteroatoms. The zero-order valence-corrected chi connectivity index (χ0v) is 11.6. The number of hydrogen-bond donors (Lipinski definition) is 0. The maximum atomic E-state index is 4.34. The summed E-state index contributed by atoms with van der Waals surface area (Å²) in [6, 6.07) is 2.51. The fourth-order valence-electron chi connectivity index (χ4n) is 2.69. The van der Waals surface area contributed by atoms with Gasteiger partial charge < -0.3 is 0 Å². The minimum Gasteiger partial charge on any atom is -0.294 e. The van der Waals surface area contributed by atoms with E-state index >= 15 is 0 Å². The summed E-state index contributed by atoms with van der Waals surface area (Å²) in [5.74, 6) is 0.724. The van der Waals surface area contributed by atoms with Crippen LogP contribution in [-0.4, -0.2) is 38.0 Å². The van der Waals surface area contributed by atoms with Crippen molar-refractivity contribution in [2.24, 2.45) is 0 Å². The molecule has 1 unspecified atom stereocenters. The quantitative estimate of drug-likeness (QED) is 0.857. The van der Waals surface area contributed by atoms with E-state index in [1.165, 1.54) is 29.3 Å². The van der Waals surface area contributed by atoms with E-state index in [0.29, 0.717) is 6.04 Å². The molecule has 0 N–H and O–H groups in total. The first-order valence-corrected chi connectivity index (χ1v) is 7.74. The molecule has 0 aromatic carbocycles. The second kappa shape index (κ2) is 4.68. The topological polar surface area (TPSA) is 46.8 Å². The molecule has 1 atom stereocenters. The second-order valence-corrected chi connectivity index (χ2v) is 6.57. The van der Waals surface area contributed by atoms with Gasteiger partial charge in [0.15, 0.2) is 0 Å². The Morgan fingerprint density at radius 1 is 1.26 bits per heavy atom. The predicted molar refractivity (Wildman–Crippen MR) is 73.0 cm³/mol. The molecule has 0 radical (unpaired) electrons. The SMILES string of the molecule is c1cnn(C2CCN(Cc3nnc(C4CC4)s3)C2)c1. The molecule has 0 bridgehead atoms. The summed E-state index contributed by atoms with van der Waals surface area (Å²) in [6.07, 6.45) is 7.70. The largest absolute Gasteiger partial charge is 0.294 e. The van der Waals surface area contributed by atoms with Crippen LogP contribution in [0.25, 0.3) is 0 Å². The van der Waals surface area contributed by atoms with Crippen LogP contribution >= 0.6 is 11.3 Å². The molecule has 1 saturated carbocycles. The highest BCUT2D eigenvalue weighted by molar-refractivity contribution is 7.11. The fraction of sp³-hybridized carbons (Fsp3) is 0.615. The average molecular weight is 275 g/mol. The Hall–Kier alpha value is -1.27. The predicted octanol–water partition coefficient (Wildman–Crippen LogP) is 2.06. The van der Waals surface area contributed by atoms with E-state index in [1.807, 2.05) is 12.3 Å². The minimum absolute atomic E-state index is 0.519. The molecule has 2 aromatic heterocycles. The lowest BCUT2D eigenvalue weighted by Crippen LogP contribution is -2.21. The molecule has 3 heterocycles. The molecular formula is C13H17N5S. The first-order valence-electron chi connectivity index (χ1n) is 6.92. The maximum absolute atomic E-state index is 4.34. The van der Waals surface area contributed by atoms with Crippen molar-refractivity contribution in [3.05, 3.63) is 28.5 Å². The van der Waals surface area contributed by atoms with Crippen LogP contribution < -0.4 is 0 Å². The normalized spacial score (nSPS) is 24.1. The number of hydrogen-bond acceptors (Lipinski definition) is 5. The summed E-state index contributed by atoms with van der Waals surface area (Å²) in [5, 5.41) is 15.4. The van der Waals surface area contributed by atoms with Crippen molar-refractivity contribution < 1.29 is 0 Å². The molecule has 2 fully saturated rings. The van der Waals surface area contributed by atoms with Gasteiger partial charge in [0, 0.05) is 31.4 Å². The van der Waals surface area contributed by atoms with Crippen LogP contribution in [0.5, 0.6) is 0 Å². The molecule has 2 aromatic rings. The van der Waals surface area contributed by atoms with Crippen molar-refractivity contribution in [3.63, 3.8) is 0 Å². The van der Waals surface area contributed by atoms with Crippen LogP contribution in [0.4, 0.5) is 0 Å². The summed E-state index contributed by atoms with van der Waals surface area (Å²) in [5.41, 5.74) is 0. The average Bonchev–Trinajstić information content (AvgIpc) is 2.90. The van der Waals surface area contributed by atoms with Crippen molar-refractivity contribution in [3.8, 4) is 0 Å². The molecule has 0 spiro atoms. The summed E-state index contributed by atoms with van der Waals surface area (Å²) in [6.45, 7) is 3.14. The standard InChI is InChI=1S/C13H17N5S/c1-5-14-18(6-1)11-4-7-17(8-11)9-12-15-16-13(19-12)10-2-3-10/h1,5-6,10-11H,2-4,7-9H2. The Bertz CT molecular complexity index is 545. The molecule has 19 heavy (non-hydrogen) atoms. The van der Waals surface area contributed by atoms with Crippen LogP contribution in [0.2, 0.25) is 0 Å². The van der Waals surface area contributed by atoms with Gasteiger partial charge in [0.2, 0.25) is 0 Å². The van der Waals surface area contributed by atoms with E-state index in [2.05, 4.69) is 31.1 Å². The third-order valence-electron chi connectivity index (χ3n) is 3.91. The van der Waals surface area contributed by atoms with Crippen molar-refractivity contribution in [1.82, 2.24) is 24.9 Å². The van der Waals surface area contributed by atoms with E-state index in [4.69, 9.17) is 0 Å². The Morgan fingerprint density at radius 2 is 2.21 bits per heavy atom. The maximum Gasteiger partial charge on any atom is 0.131 e. The molecule has 4 rings (SSSR count). The van der Waals surface area contributed by atoms with Gasteiger partial charge in [-0.2, -0.15) is 5.10 Å². The van der Waals surface area contributed by atoms with Crippen LogP contribution in [0.1, 0.15) is 41.2 Å². The van der Waals surface area contributed by atoms with Crippen molar-refractivity contribution in [1.29, 1.82) is 0 Å². The summed E-state index contributed by atoms with van der Waals surface area (Å²) in [7, 11) is 0. The van der Waals surface area contributed by atoms with E-state index in [-0.39, 0.29) is 0 Å². The van der Waals surface area contributed by atoms with Crippen LogP contribution in [-0.2, 0) is 6.54 Å². The van der Waals surface area contributed by atoms with Crippen LogP contribution in [0.3, 0.4) is 0 Å². The third-order valence-corrected chi connectivity index (χ3v) is 4.98. The van der Waals surface area contributed by atoms with Gasteiger partial charge in [-0.15, -0.1) is 10.2 Å². The van der Waals surface area contributed by atoms with E-state index in [1.54, 1.807) is 11.3 Å².